The van der Waals surface area contributed by atoms with E-state index in [0.29, 0.717) is 4.90 Å². The van der Waals surface area contributed by atoms with Crippen molar-refractivity contribution in [2.24, 2.45) is 0 Å². The average molecular weight is 343 g/mol. The number of hydrogen-bond acceptors (Lipinski definition) is 6. The van der Waals surface area contributed by atoms with Crippen molar-refractivity contribution < 1.29 is 49.1 Å². The summed E-state index contributed by atoms with van der Waals surface area (Å²) < 4.78 is 3.67. The summed E-state index contributed by atoms with van der Waals surface area (Å²) in [4.78, 5) is 48.3. The molecule has 0 aromatic heterocycles. The van der Waals surface area contributed by atoms with Crippen LogP contribution in [0, 0.1) is 0 Å². The number of nitrogens with zero attached hydrogens (tertiary/aromatic N) is 1. The Balaban J connectivity index is -0.000000112. The molecule has 0 spiro atoms. The third-order valence-electron chi connectivity index (χ3n) is 1.19. The minimum Gasteiger partial charge on any atom is -0.481 e. The number of amides is 4. The van der Waals surface area contributed by atoms with Crippen molar-refractivity contribution in [2.75, 3.05) is 28.3 Å². The second-order valence-electron chi connectivity index (χ2n) is 2.94. The fourth-order valence-corrected chi connectivity index (χ4v) is 0.255. The predicted molar refractivity (Wildman–Crippen MR) is 75.7 cm³/mol. The molecule has 0 saturated carbocycles. The van der Waals surface area contributed by atoms with Crippen LogP contribution >= 0.6 is 0 Å². The molecule has 4 amide bonds. The summed E-state index contributed by atoms with van der Waals surface area (Å²) in [6.45, 7) is 1.08. The first-order valence-corrected chi connectivity index (χ1v) is 5.42. The second-order valence-corrected chi connectivity index (χ2v) is 2.94. The van der Waals surface area contributed by atoms with E-state index in [-0.39, 0.29) is 0 Å². The van der Waals surface area contributed by atoms with E-state index < -0.39 is 30.3 Å². The van der Waals surface area contributed by atoms with Crippen LogP contribution in [0.3, 0.4) is 0 Å². The van der Waals surface area contributed by atoms with Crippen LogP contribution in [0.15, 0.2) is 0 Å². The number of carboxylic acid groups (broad SMARTS) is 4. The summed E-state index contributed by atoms with van der Waals surface area (Å²) in [5.41, 5.74) is 0. The molecule has 0 aliphatic carbocycles. The Labute approximate surface area is 131 Å². The summed E-state index contributed by atoms with van der Waals surface area (Å²) in [5.74, 6) is -0.833. The maximum Gasteiger partial charge on any atom is 0.505 e. The van der Waals surface area contributed by atoms with Gasteiger partial charge in [-0.1, -0.05) is 0 Å². The van der Waals surface area contributed by atoms with Crippen LogP contribution < -0.4 is 10.6 Å². The summed E-state index contributed by atoms with van der Waals surface area (Å²) in [5, 5.41) is 34.8. The van der Waals surface area contributed by atoms with Crippen molar-refractivity contribution in [2.45, 2.75) is 6.92 Å². The monoisotopic (exact) mass is 343 g/mol. The van der Waals surface area contributed by atoms with Crippen molar-refractivity contribution in [1.82, 2.24) is 15.5 Å². The number of hydrogen-bond donors (Lipinski definition) is 6. The van der Waals surface area contributed by atoms with Gasteiger partial charge in [-0.25, -0.2) is 24.1 Å². The van der Waals surface area contributed by atoms with Crippen LogP contribution in [0.5, 0.6) is 0 Å². The zero-order valence-electron chi connectivity index (χ0n) is 13.2. The third-order valence-corrected chi connectivity index (χ3v) is 1.19. The van der Waals surface area contributed by atoms with Gasteiger partial charge >= 0.3 is 24.4 Å². The minimum atomic E-state index is -1.27. The molecule has 0 saturated heterocycles. The molecule has 0 unspecified atom stereocenters. The molecule has 136 valence electrons. The number of carboxylic acids is 1. The fourth-order valence-electron chi connectivity index (χ4n) is 0.255. The first kappa shape index (κ1) is 28.0. The first-order chi connectivity index (χ1) is 10.4. The zero-order valence-corrected chi connectivity index (χ0v) is 13.2. The van der Waals surface area contributed by atoms with E-state index >= 15 is 0 Å². The van der Waals surface area contributed by atoms with Crippen LogP contribution in [0.2, 0.25) is 0 Å². The molecule has 0 bridgehead atoms. The highest BCUT2D eigenvalue weighted by atomic mass is 16.6. The summed E-state index contributed by atoms with van der Waals surface area (Å²) in [7, 11) is 4.98. The molecule has 6 N–H and O–H groups in total. The van der Waals surface area contributed by atoms with Gasteiger partial charge in [-0.2, -0.15) is 0 Å². The number of nitrogens with one attached hydrogen (secondary N) is 2. The van der Waals surface area contributed by atoms with Crippen LogP contribution in [0.25, 0.3) is 0 Å². The molecule has 0 heterocycles. The lowest BCUT2D eigenvalue weighted by atomic mass is 10.8. The number of ether oxygens (including phenoxy) is 1. The first-order valence-electron chi connectivity index (χ1n) is 5.42. The number of rotatable bonds is 0. The van der Waals surface area contributed by atoms with E-state index in [1.54, 1.807) is 0 Å². The minimum absolute atomic E-state index is 0.556. The highest BCUT2D eigenvalue weighted by Gasteiger charge is 2.11. The molecule has 0 radical (unpaired) electrons. The van der Waals surface area contributed by atoms with Gasteiger partial charge in [0.25, 0.3) is 5.97 Å². The largest absolute Gasteiger partial charge is 0.505 e. The molecule has 13 nitrogen and oxygen atoms in total. The Morgan fingerprint density at radius 3 is 1.22 bits per heavy atom. The molecular weight excluding hydrogens is 322 g/mol. The predicted octanol–water partition coefficient (Wildman–Crippen LogP) is 0.221. The van der Waals surface area contributed by atoms with E-state index in [1.165, 1.54) is 21.1 Å². The van der Waals surface area contributed by atoms with Gasteiger partial charge in [-0.3, -0.25) is 4.79 Å². The standard InChI is InChI=1S/C4H8N2O3.C2H5NO2.C2H4O3.C2H4O2/c1-5-3(7)6(2)4(8)9;1-3-2(4)5;1-5-2(3)4;1-2(3)4/h1-2H3,(H,5,7)(H,8,9);3H,1H3,(H,4,5);1H3,(H,3,4);1H3,(H,3,4). The highest BCUT2D eigenvalue weighted by molar-refractivity contribution is 5.89. The zero-order chi connectivity index (χ0) is 19.6. The van der Waals surface area contributed by atoms with Gasteiger partial charge in [0.2, 0.25) is 0 Å². The second kappa shape index (κ2) is 18.8. The lowest BCUT2D eigenvalue weighted by molar-refractivity contribution is -0.134. The van der Waals surface area contributed by atoms with Gasteiger partial charge in [0.1, 0.15) is 0 Å². The van der Waals surface area contributed by atoms with E-state index in [1.807, 2.05) is 5.32 Å². The summed E-state index contributed by atoms with van der Waals surface area (Å²) in [6.07, 6.45) is -3.51. The maximum atomic E-state index is 10.4. The SMILES string of the molecule is CC(=O)O.CNC(=O)N(C)C(=O)O.CNC(=O)O.COC(=O)O. The number of carbonyl (C=O) groups is 5. The fraction of sp³-hybridized carbons (Fsp3) is 0.500. The summed E-state index contributed by atoms with van der Waals surface area (Å²) >= 11 is 0. The van der Waals surface area contributed by atoms with Crippen molar-refractivity contribution in [1.29, 1.82) is 0 Å². The van der Waals surface area contributed by atoms with Gasteiger partial charge < -0.3 is 35.8 Å². The van der Waals surface area contributed by atoms with Crippen LogP contribution in [-0.2, 0) is 9.53 Å². The van der Waals surface area contributed by atoms with Gasteiger partial charge in [0.15, 0.2) is 0 Å². The Bertz CT molecular complexity index is 367. The molecule has 0 aromatic carbocycles. The molecule has 0 aliphatic rings. The third kappa shape index (κ3) is 45.5. The van der Waals surface area contributed by atoms with Crippen LogP contribution in [0.4, 0.5) is 19.2 Å². The molecule has 0 rings (SSSR count). The quantitative estimate of drug-likeness (QED) is 0.330. The molecule has 0 atom stereocenters. The van der Waals surface area contributed by atoms with E-state index in [9.17, 15) is 14.4 Å². The van der Waals surface area contributed by atoms with Crippen molar-refractivity contribution >= 4 is 30.3 Å². The number of aliphatic carboxylic acids is 1. The Hall–Kier alpha value is -3.25. The Morgan fingerprint density at radius 2 is 1.17 bits per heavy atom. The van der Waals surface area contributed by atoms with E-state index in [2.05, 4.69) is 10.1 Å². The number of methoxy groups -OCH3 is 1. The van der Waals surface area contributed by atoms with Gasteiger partial charge in [-0.05, 0) is 0 Å². The number of urea groups is 1. The van der Waals surface area contributed by atoms with Crippen molar-refractivity contribution in [3.63, 3.8) is 0 Å². The molecule has 23 heavy (non-hydrogen) atoms. The lowest BCUT2D eigenvalue weighted by Crippen LogP contribution is -2.38. The summed E-state index contributed by atoms with van der Waals surface area (Å²) in [6, 6.07) is -0.637. The highest BCUT2D eigenvalue weighted by Crippen LogP contribution is 1.81. The Kier molecular flexibility index (Phi) is 22.8. The molecule has 0 aromatic rings. The van der Waals surface area contributed by atoms with Crippen molar-refractivity contribution in [3.05, 3.63) is 0 Å². The van der Waals surface area contributed by atoms with Gasteiger partial charge in [0.05, 0.1) is 7.11 Å². The smallest absolute Gasteiger partial charge is 0.481 e. The Morgan fingerprint density at radius 1 is 0.913 bits per heavy atom. The molecular formula is C10H21N3O10. The molecule has 0 aliphatic heterocycles. The van der Waals surface area contributed by atoms with Gasteiger partial charge in [0, 0.05) is 28.1 Å². The van der Waals surface area contributed by atoms with Crippen LogP contribution in [-0.4, -0.2) is 83.9 Å². The average Bonchev–Trinajstić information content (AvgIpc) is 2.45. The normalized spacial score (nSPS) is 7.17. The van der Waals surface area contributed by atoms with Crippen LogP contribution in [0.1, 0.15) is 6.92 Å². The van der Waals surface area contributed by atoms with E-state index in [0.717, 1.165) is 14.0 Å². The van der Waals surface area contributed by atoms with Crippen molar-refractivity contribution in [3.8, 4) is 0 Å². The van der Waals surface area contributed by atoms with Gasteiger partial charge in [-0.15, -0.1) is 0 Å². The molecule has 13 heteroatoms. The maximum absolute atomic E-state index is 10.4. The number of carbonyl (C=O) groups excluding carboxylic acids is 1. The van der Waals surface area contributed by atoms with E-state index in [4.69, 9.17) is 30.0 Å². The molecule has 0 fully saturated rings. The lowest BCUT2D eigenvalue weighted by Gasteiger charge is -2.08. The number of imide groups is 1. The topological polar surface area (TPSA) is 203 Å².